The van der Waals surface area contributed by atoms with Crippen molar-refractivity contribution < 1.29 is 9.18 Å². The van der Waals surface area contributed by atoms with Gasteiger partial charge in [0.25, 0.3) is 5.91 Å². The zero-order valence-electron chi connectivity index (χ0n) is 12.2. The van der Waals surface area contributed by atoms with E-state index in [-0.39, 0.29) is 17.5 Å². The number of aromatic nitrogens is 3. The zero-order chi connectivity index (χ0) is 15.7. The molecule has 6 heteroatoms. The van der Waals surface area contributed by atoms with Crippen LogP contribution in [0.5, 0.6) is 0 Å². The van der Waals surface area contributed by atoms with Crippen molar-refractivity contribution in [3.63, 3.8) is 0 Å². The summed E-state index contributed by atoms with van der Waals surface area (Å²) < 4.78 is 14.9. The molecule has 0 aliphatic rings. The van der Waals surface area contributed by atoms with E-state index in [4.69, 9.17) is 0 Å². The third-order valence-electron chi connectivity index (χ3n) is 3.29. The molecule has 1 aromatic carbocycles. The molecule has 3 aromatic rings. The van der Waals surface area contributed by atoms with Gasteiger partial charge < -0.3 is 5.32 Å². The van der Waals surface area contributed by atoms with Crippen molar-refractivity contribution in [2.75, 3.05) is 5.32 Å². The van der Waals surface area contributed by atoms with Crippen molar-refractivity contribution in [3.05, 3.63) is 59.8 Å². The molecule has 2 heterocycles. The molecule has 5 nitrogen and oxygen atoms in total. The Kier molecular flexibility index (Phi) is 3.58. The van der Waals surface area contributed by atoms with Crippen LogP contribution in [0.25, 0.3) is 5.65 Å². The number of carbonyl (C=O) groups excluding carboxylic acids is 1. The van der Waals surface area contributed by atoms with Gasteiger partial charge in [0, 0.05) is 17.4 Å². The number of nitrogens with zero attached hydrogens (tertiary/aromatic N) is 3. The summed E-state index contributed by atoms with van der Waals surface area (Å²) in [6, 6.07) is 9.20. The van der Waals surface area contributed by atoms with E-state index in [9.17, 15) is 9.18 Å². The summed E-state index contributed by atoms with van der Waals surface area (Å²) in [4.78, 5) is 16.6. The van der Waals surface area contributed by atoms with E-state index in [2.05, 4.69) is 15.4 Å². The minimum absolute atomic E-state index is 0.186. The second kappa shape index (κ2) is 5.55. The first-order valence-corrected chi connectivity index (χ1v) is 6.96. The van der Waals surface area contributed by atoms with Crippen LogP contribution in [0.15, 0.2) is 42.6 Å². The number of hydrogen-bond donors (Lipinski definition) is 1. The number of nitrogens with one attached hydrogen (secondary N) is 1. The summed E-state index contributed by atoms with van der Waals surface area (Å²) in [5.41, 5.74) is 2.17. The molecule has 3 rings (SSSR count). The SMILES string of the molecule is CC(C)c1cc(C(=O)Nc2cccc(F)c2)nc2ccnn12. The molecule has 0 saturated carbocycles. The van der Waals surface area contributed by atoms with E-state index >= 15 is 0 Å². The molecule has 1 amide bonds. The van der Waals surface area contributed by atoms with E-state index in [0.29, 0.717) is 11.3 Å². The summed E-state index contributed by atoms with van der Waals surface area (Å²) in [7, 11) is 0. The number of benzene rings is 1. The fourth-order valence-corrected chi connectivity index (χ4v) is 2.23. The lowest BCUT2D eigenvalue weighted by Crippen LogP contribution is -2.16. The van der Waals surface area contributed by atoms with Gasteiger partial charge in [0.15, 0.2) is 5.65 Å². The molecule has 0 fully saturated rings. The molecular formula is C16H15FN4O. The molecule has 0 atom stereocenters. The van der Waals surface area contributed by atoms with Gasteiger partial charge in [-0.3, -0.25) is 4.79 Å². The minimum Gasteiger partial charge on any atom is -0.321 e. The molecule has 0 unspecified atom stereocenters. The Morgan fingerprint density at radius 3 is 2.82 bits per heavy atom. The molecule has 0 saturated heterocycles. The third-order valence-corrected chi connectivity index (χ3v) is 3.29. The monoisotopic (exact) mass is 298 g/mol. The molecule has 0 spiro atoms. The lowest BCUT2D eigenvalue weighted by Gasteiger charge is -2.11. The Balaban J connectivity index is 1.97. The standard InChI is InChI=1S/C16H15FN4O/c1-10(2)14-9-13(20-15-6-7-18-21(14)15)16(22)19-12-5-3-4-11(17)8-12/h3-10H,1-2H3,(H,19,22). The summed E-state index contributed by atoms with van der Waals surface area (Å²) in [6.45, 7) is 4.04. The first-order valence-electron chi connectivity index (χ1n) is 6.96. The van der Waals surface area contributed by atoms with Crippen molar-refractivity contribution in [3.8, 4) is 0 Å². The largest absolute Gasteiger partial charge is 0.321 e. The molecule has 2 aromatic heterocycles. The van der Waals surface area contributed by atoms with Gasteiger partial charge in [0.1, 0.15) is 11.5 Å². The van der Waals surface area contributed by atoms with Crippen LogP contribution >= 0.6 is 0 Å². The number of fused-ring (bicyclic) bond motifs is 1. The van der Waals surface area contributed by atoms with Crippen LogP contribution < -0.4 is 5.32 Å². The molecule has 0 radical (unpaired) electrons. The second-order valence-corrected chi connectivity index (χ2v) is 5.29. The van der Waals surface area contributed by atoms with E-state index in [1.54, 1.807) is 28.9 Å². The molecule has 22 heavy (non-hydrogen) atoms. The molecule has 0 aliphatic carbocycles. The Bertz CT molecular complexity index is 841. The van der Waals surface area contributed by atoms with Crippen molar-refractivity contribution >= 4 is 17.2 Å². The van der Waals surface area contributed by atoms with E-state index in [1.165, 1.54) is 18.2 Å². The van der Waals surface area contributed by atoms with Crippen LogP contribution in [0, 0.1) is 5.82 Å². The van der Waals surface area contributed by atoms with Crippen molar-refractivity contribution in [1.82, 2.24) is 14.6 Å². The van der Waals surface area contributed by atoms with E-state index < -0.39 is 5.82 Å². The number of anilines is 1. The van der Waals surface area contributed by atoms with Gasteiger partial charge in [0.05, 0.1) is 6.20 Å². The molecule has 0 bridgehead atoms. The zero-order valence-corrected chi connectivity index (χ0v) is 12.2. The Labute approximate surface area is 126 Å². The van der Waals surface area contributed by atoms with Crippen LogP contribution in [-0.4, -0.2) is 20.5 Å². The number of rotatable bonds is 3. The highest BCUT2D eigenvalue weighted by Gasteiger charge is 2.15. The van der Waals surface area contributed by atoms with Gasteiger partial charge in [0.2, 0.25) is 0 Å². The van der Waals surface area contributed by atoms with Crippen LogP contribution in [0.4, 0.5) is 10.1 Å². The summed E-state index contributed by atoms with van der Waals surface area (Å²) in [5.74, 6) is -0.595. The number of hydrogen-bond acceptors (Lipinski definition) is 3. The fraction of sp³-hybridized carbons (Fsp3) is 0.188. The molecular weight excluding hydrogens is 283 g/mol. The average molecular weight is 298 g/mol. The number of amides is 1. The number of carbonyl (C=O) groups is 1. The quantitative estimate of drug-likeness (QED) is 0.807. The van der Waals surface area contributed by atoms with Crippen LogP contribution in [0.3, 0.4) is 0 Å². The maximum atomic E-state index is 13.2. The highest BCUT2D eigenvalue weighted by Crippen LogP contribution is 2.18. The Morgan fingerprint density at radius 1 is 1.27 bits per heavy atom. The lowest BCUT2D eigenvalue weighted by molar-refractivity contribution is 0.102. The molecule has 0 aliphatic heterocycles. The summed E-state index contributed by atoms with van der Waals surface area (Å²) in [5, 5.41) is 6.86. The number of halogens is 1. The first-order chi connectivity index (χ1) is 10.5. The van der Waals surface area contributed by atoms with Gasteiger partial charge in [-0.05, 0) is 30.2 Å². The van der Waals surface area contributed by atoms with Crippen molar-refractivity contribution in [2.45, 2.75) is 19.8 Å². The first kappa shape index (κ1) is 14.2. The molecule has 112 valence electrons. The van der Waals surface area contributed by atoms with Crippen LogP contribution in [0.1, 0.15) is 35.9 Å². The topological polar surface area (TPSA) is 59.3 Å². The van der Waals surface area contributed by atoms with Crippen LogP contribution in [0.2, 0.25) is 0 Å². The highest BCUT2D eigenvalue weighted by molar-refractivity contribution is 6.03. The van der Waals surface area contributed by atoms with Crippen LogP contribution in [-0.2, 0) is 0 Å². The van der Waals surface area contributed by atoms with E-state index in [1.807, 2.05) is 13.8 Å². The highest BCUT2D eigenvalue weighted by atomic mass is 19.1. The maximum Gasteiger partial charge on any atom is 0.274 e. The van der Waals surface area contributed by atoms with Gasteiger partial charge in [-0.1, -0.05) is 19.9 Å². The summed E-state index contributed by atoms with van der Waals surface area (Å²) >= 11 is 0. The second-order valence-electron chi connectivity index (χ2n) is 5.29. The smallest absolute Gasteiger partial charge is 0.274 e. The van der Waals surface area contributed by atoms with Gasteiger partial charge >= 0.3 is 0 Å². The Morgan fingerprint density at radius 2 is 2.09 bits per heavy atom. The van der Waals surface area contributed by atoms with Crippen molar-refractivity contribution in [2.24, 2.45) is 0 Å². The predicted octanol–water partition coefficient (Wildman–Crippen LogP) is 3.24. The Hall–Kier alpha value is -2.76. The van der Waals surface area contributed by atoms with E-state index in [0.717, 1.165) is 5.69 Å². The van der Waals surface area contributed by atoms with Gasteiger partial charge in [-0.2, -0.15) is 5.10 Å². The van der Waals surface area contributed by atoms with Gasteiger partial charge in [-0.15, -0.1) is 0 Å². The molecule has 1 N–H and O–H groups in total. The van der Waals surface area contributed by atoms with Crippen molar-refractivity contribution in [1.29, 1.82) is 0 Å². The lowest BCUT2D eigenvalue weighted by atomic mass is 10.1. The van der Waals surface area contributed by atoms with Gasteiger partial charge in [-0.25, -0.2) is 13.9 Å². The predicted molar refractivity (Wildman–Crippen MR) is 81.4 cm³/mol. The summed E-state index contributed by atoms with van der Waals surface area (Å²) in [6.07, 6.45) is 1.64. The minimum atomic E-state index is -0.403. The third kappa shape index (κ3) is 2.67. The average Bonchev–Trinajstić information content (AvgIpc) is 2.94. The normalized spacial score (nSPS) is 11.1. The maximum absolute atomic E-state index is 13.2. The fourth-order valence-electron chi connectivity index (χ4n) is 2.23.